The number of nitriles is 1. The van der Waals surface area contributed by atoms with E-state index in [1.54, 1.807) is 0 Å². The van der Waals surface area contributed by atoms with Gasteiger partial charge in [0, 0.05) is 6.04 Å². The SMILES string of the molecule is N#CC1CCCCC1N1CC(=O)Nc2ccccc21. The second-order valence-corrected chi connectivity index (χ2v) is 5.28. The number of hydrogen-bond acceptors (Lipinski definition) is 3. The molecule has 19 heavy (non-hydrogen) atoms. The highest BCUT2D eigenvalue weighted by Gasteiger charge is 2.34. The monoisotopic (exact) mass is 255 g/mol. The normalized spacial score (nSPS) is 26.3. The fourth-order valence-electron chi connectivity index (χ4n) is 3.19. The van der Waals surface area contributed by atoms with Crippen LogP contribution in [0.1, 0.15) is 25.7 Å². The van der Waals surface area contributed by atoms with E-state index in [4.69, 9.17) is 0 Å². The number of nitrogens with zero attached hydrogens (tertiary/aromatic N) is 2. The van der Waals surface area contributed by atoms with Gasteiger partial charge in [0.05, 0.1) is 29.9 Å². The van der Waals surface area contributed by atoms with Gasteiger partial charge in [0.2, 0.25) is 5.91 Å². The van der Waals surface area contributed by atoms with Crippen LogP contribution in [-0.4, -0.2) is 18.5 Å². The van der Waals surface area contributed by atoms with Crippen molar-refractivity contribution in [1.82, 2.24) is 0 Å². The first-order valence-corrected chi connectivity index (χ1v) is 6.85. The summed E-state index contributed by atoms with van der Waals surface area (Å²) in [4.78, 5) is 14.0. The minimum Gasteiger partial charge on any atom is -0.356 e. The van der Waals surface area contributed by atoms with E-state index < -0.39 is 0 Å². The molecule has 0 aromatic heterocycles. The zero-order valence-electron chi connectivity index (χ0n) is 10.8. The number of benzene rings is 1. The van der Waals surface area contributed by atoms with E-state index in [1.165, 1.54) is 0 Å². The summed E-state index contributed by atoms with van der Waals surface area (Å²) in [7, 11) is 0. The summed E-state index contributed by atoms with van der Waals surface area (Å²) in [5.41, 5.74) is 1.91. The van der Waals surface area contributed by atoms with Gasteiger partial charge in [-0.1, -0.05) is 25.0 Å². The summed E-state index contributed by atoms with van der Waals surface area (Å²) in [5.74, 6) is 0.0497. The van der Waals surface area contributed by atoms with Crippen LogP contribution >= 0.6 is 0 Å². The van der Waals surface area contributed by atoms with Crippen LogP contribution in [0, 0.1) is 17.2 Å². The molecule has 1 heterocycles. The van der Waals surface area contributed by atoms with Crippen molar-refractivity contribution >= 4 is 17.3 Å². The molecule has 98 valence electrons. The minimum absolute atomic E-state index is 0.0148. The number of carbonyl (C=O) groups excluding carboxylic acids is 1. The molecule has 2 unspecified atom stereocenters. The molecule has 4 heteroatoms. The third-order valence-electron chi connectivity index (χ3n) is 4.10. The maximum Gasteiger partial charge on any atom is 0.243 e. The molecule has 0 bridgehead atoms. The van der Waals surface area contributed by atoms with Gasteiger partial charge < -0.3 is 10.2 Å². The molecule has 3 rings (SSSR count). The van der Waals surface area contributed by atoms with Crippen LogP contribution in [0.3, 0.4) is 0 Å². The zero-order valence-corrected chi connectivity index (χ0v) is 10.8. The summed E-state index contributed by atoms with van der Waals surface area (Å²) in [5, 5.41) is 12.2. The number of carbonyl (C=O) groups is 1. The van der Waals surface area contributed by atoms with Crippen molar-refractivity contribution in [3.05, 3.63) is 24.3 Å². The van der Waals surface area contributed by atoms with Crippen molar-refractivity contribution in [2.75, 3.05) is 16.8 Å². The molecule has 1 N–H and O–H groups in total. The Hall–Kier alpha value is -2.02. The standard InChI is InChI=1S/C15H17N3O/c16-9-11-5-1-3-7-13(11)18-10-15(19)17-12-6-2-4-8-14(12)18/h2,4,6,8,11,13H,1,3,5,7,10H2,(H,17,19). The van der Waals surface area contributed by atoms with Crippen LogP contribution in [0.4, 0.5) is 11.4 Å². The van der Waals surface area contributed by atoms with E-state index in [0.717, 1.165) is 37.1 Å². The van der Waals surface area contributed by atoms with Crippen molar-refractivity contribution in [3.8, 4) is 6.07 Å². The van der Waals surface area contributed by atoms with E-state index in [9.17, 15) is 10.1 Å². The molecule has 1 aliphatic heterocycles. The molecule has 0 radical (unpaired) electrons. The molecule has 1 saturated carbocycles. The number of rotatable bonds is 1. The van der Waals surface area contributed by atoms with Crippen LogP contribution in [0.15, 0.2) is 24.3 Å². The highest BCUT2D eigenvalue weighted by Crippen LogP contribution is 2.36. The maximum atomic E-state index is 11.8. The second kappa shape index (κ2) is 4.93. The molecule has 0 spiro atoms. The van der Waals surface area contributed by atoms with Crippen molar-refractivity contribution in [3.63, 3.8) is 0 Å². The van der Waals surface area contributed by atoms with Gasteiger partial charge in [0.15, 0.2) is 0 Å². The van der Waals surface area contributed by atoms with Gasteiger partial charge in [-0.2, -0.15) is 5.26 Å². The summed E-state index contributed by atoms with van der Waals surface area (Å²) < 4.78 is 0. The lowest BCUT2D eigenvalue weighted by atomic mass is 9.84. The number of fused-ring (bicyclic) bond motifs is 1. The fraction of sp³-hybridized carbons (Fsp3) is 0.467. The van der Waals surface area contributed by atoms with Gasteiger partial charge in [0.25, 0.3) is 0 Å². The Morgan fingerprint density at radius 1 is 1.26 bits per heavy atom. The Balaban J connectivity index is 1.96. The molecule has 1 aromatic rings. The van der Waals surface area contributed by atoms with Gasteiger partial charge in [-0.05, 0) is 25.0 Å². The molecule has 4 nitrogen and oxygen atoms in total. The quantitative estimate of drug-likeness (QED) is 0.839. The number of amides is 1. The average Bonchev–Trinajstić information content (AvgIpc) is 2.46. The summed E-state index contributed by atoms with van der Waals surface area (Å²) >= 11 is 0. The maximum absolute atomic E-state index is 11.8. The second-order valence-electron chi connectivity index (χ2n) is 5.28. The van der Waals surface area contributed by atoms with E-state index >= 15 is 0 Å². The van der Waals surface area contributed by atoms with Crippen molar-refractivity contribution < 1.29 is 4.79 Å². The summed E-state index contributed by atoms with van der Waals surface area (Å²) in [6, 6.07) is 10.4. The molecule has 2 aliphatic rings. The Bertz CT molecular complexity index is 534. The zero-order chi connectivity index (χ0) is 13.2. The van der Waals surface area contributed by atoms with Crippen molar-refractivity contribution in [1.29, 1.82) is 5.26 Å². The lowest BCUT2D eigenvalue weighted by molar-refractivity contribution is -0.115. The van der Waals surface area contributed by atoms with Crippen LogP contribution < -0.4 is 10.2 Å². The minimum atomic E-state index is 0.0148. The van der Waals surface area contributed by atoms with E-state index in [2.05, 4.69) is 16.3 Å². The van der Waals surface area contributed by atoms with Gasteiger partial charge in [0.1, 0.15) is 0 Å². The smallest absolute Gasteiger partial charge is 0.243 e. The van der Waals surface area contributed by atoms with Gasteiger partial charge in [-0.15, -0.1) is 0 Å². The average molecular weight is 255 g/mol. The van der Waals surface area contributed by atoms with Crippen LogP contribution in [-0.2, 0) is 4.79 Å². The van der Waals surface area contributed by atoms with E-state index in [0.29, 0.717) is 6.54 Å². The first-order valence-electron chi connectivity index (χ1n) is 6.85. The van der Waals surface area contributed by atoms with Crippen molar-refractivity contribution in [2.24, 2.45) is 5.92 Å². The number of hydrogen-bond donors (Lipinski definition) is 1. The lowest BCUT2D eigenvalue weighted by Crippen LogP contribution is -2.48. The largest absolute Gasteiger partial charge is 0.356 e. The molecule has 0 saturated heterocycles. The highest BCUT2D eigenvalue weighted by molar-refractivity contribution is 6.01. The van der Waals surface area contributed by atoms with Crippen LogP contribution in [0.2, 0.25) is 0 Å². The van der Waals surface area contributed by atoms with Gasteiger partial charge >= 0.3 is 0 Å². The Labute approximate surface area is 113 Å². The molecule has 1 aliphatic carbocycles. The summed E-state index contributed by atoms with van der Waals surface area (Å²) in [6.45, 7) is 0.361. The summed E-state index contributed by atoms with van der Waals surface area (Å²) in [6.07, 6.45) is 4.21. The number of para-hydroxylation sites is 2. The van der Waals surface area contributed by atoms with Gasteiger partial charge in [-0.3, -0.25) is 4.79 Å². The van der Waals surface area contributed by atoms with Crippen molar-refractivity contribution in [2.45, 2.75) is 31.7 Å². The Morgan fingerprint density at radius 3 is 2.89 bits per heavy atom. The number of nitrogens with one attached hydrogen (secondary N) is 1. The molecule has 2 atom stereocenters. The van der Waals surface area contributed by atoms with Crippen LogP contribution in [0.25, 0.3) is 0 Å². The third kappa shape index (κ3) is 2.17. The fourth-order valence-corrected chi connectivity index (χ4v) is 3.19. The van der Waals surface area contributed by atoms with E-state index in [1.807, 2.05) is 24.3 Å². The van der Waals surface area contributed by atoms with E-state index in [-0.39, 0.29) is 17.9 Å². The Kier molecular flexibility index (Phi) is 3.12. The topological polar surface area (TPSA) is 56.1 Å². The van der Waals surface area contributed by atoms with Gasteiger partial charge in [-0.25, -0.2) is 0 Å². The third-order valence-corrected chi connectivity index (χ3v) is 4.10. The predicted molar refractivity (Wildman–Crippen MR) is 73.8 cm³/mol. The lowest BCUT2D eigenvalue weighted by Gasteiger charge is -2.41. The number of anilines is 2. The highest BCUT2D eigenvalue weighted by atomic mass is 16.2. The first kappa shape index (κ1) is 12.0. The molecule has 1 amide bonds. The Morgan fingerprint density at radius 2 is 2.05 bits per heavy atom. The first-order chi connectivity index (χ1) is 9.29. The van der Waals surface area contributed by atoms with Crippen LogP contribution in [0.5, 0.6) is 0 Å². The molecule has 1 aromatic carbocycles. The molecular formula is C15H17N3O. The molecular weight excluding hydrogens is 238 g/mol. The molecule has 1 fully saturated rings. The predicted octanol–water partition coefficient (Wildman–Crippen LogP) is 2.53.